The molecule has 14 heavy (non-hydrogen) atoms. The van der Waals surface area contributed by atoms with Crippen molar-refractivity contribution >= 4 is 23.4 Å². The van der Waals surface area contributed by atoms with Crippen LogP contribution in [0.4, 0.5) is 4.39 Å². The minimum Gasteiger partial charge on any atom is -0.227 e. The molecule has 0 N–H and O–H groups in total. The van der Waals surface area contributed by atoms with Crippen LogP contribution in [0.5, 0.6) is 0 Å². The summed E-state index contributed by atoms with van der Waals surface area (Å²) >= 11 is 7.73. The molecule has 76 valence electrons. The predicted molar refractivity (Wildman–Crippen MR) is 58.5 cm³/mol. The maximum atomic E-state index is 13.4. The van der Waals surface area contributed by atoms with Crippen molar-refractivity contribution < 1.29 is 4.39 Å². The number of pyridine rings is 1. The summed E-state index contributed by atoms with van der Waals surface area (Å²) in [6, 6.07) is 1.71. The quantitative estimate of drug-likeness (QED) is 0.687. The number of nitrogens with zero attached hydrogens (tertiary/aromatic N) is 1. The summed E-state index contributed by atoms with van der Waals surface area (Å²) in [7, 11) is 0. The number of rotatable bonds is 1. The molecular formula is C10H11ClFNS. The zero-order valence-electron chi connectivity index (χ0n) is 7.67. The third-order valence-electron chi connectivity index (χ3n) is 2.49. The number of thioether (sulfide) groups is 1. The van der Waals surface area contributed by atoms with Gasteiger partial charge in [-0.1, -0.05) is 11.6 Å². The lowest BCUT2D eigenvalue weighted by Gasteiger charge is -2.21. The lowest BCUT2D eigenvalue weighted by atomic mass is 9.95. The normalized spacial score (nSPS) is 18.4. The molecule has 1 saturated heterocycles. The molecule has 1 aromatic rings. The highest BCUT2D eigenvalue weighted by Gasteiger charge is 2.19. The van der Waals surface area contributed by atoms with E-state index in [4.69, 9.17) is 11.6 Å². The van der Waals surface area contributed by atoms with Crippen LogP contribution < -0.4 is 0 Å². The van der Waals surface area contributed by atoms with Gasteiger partial charge in [0.2, 0.25) is 5.95 Å². The molecule has 4 heteroatoms. The molecule has 0 aliphatic carbocycles. The Balaban J connectivity index is 2.24. The third-order valence-corrected chi connectivity index (χ3v) is 3.75. The van der Waals surface area contributed by atoms with Crippen LogP contribution in [0.3, 0.4) is 0 Å². The molecule has 0 aromatic carbocycles. The number of aromatic nitrogens is 1. The van der Waals surface area contributed by atoms with Gasteiger partial charge in [-0.3, -0.25) is 0 Å². The fourth-order valence-electron chi connectivity index (χ4n) is 1.73. The molecule has 0 saturated carbocycles. The SMILES string of the molecule is Fc1ncc(Cl)cc1C1CCSCC1. The van der Waals surface area contributed by atoms with Crippen molar-refractivity contribution in [1.29, 1.82) is 0 Å². The van der Waals surface area contributed by atoms with Crippen molar-refractivity contribution in [1.82, 2.24) is 4.98 Å². The first-order valence-electron chi connectivity index (χ1n) is 4.66. The van der Waals surface area contributed by atoms with E-state index in [0.29, 0.717) is 16.5 Å². The molecule has 1 nitrogen and oxygen atoms in total. The highest BCUT2D eigenvalue weighted by atomic mass is 35.5. The Morgan fingerprint density at radius 3 is 2.86 bits per heavy atom. The van der Waals surface area contributed by atoms with Gasteiger partial charge >= 0.3 is 0 Å². The van der Waals surface area contributed by atoms with Crippen LogP contribution in [0.2, 0.25) is 5.02 Å². The summed E-state index contributed by atoms with van der Waals surface area (Å²) < 4.78 is 13.4. The van der Waals surface area contributed by atoms with Gasteiger partial charge in [-0.2, -0.15) is 16.2 Å². The van der Waals surface area contributed by atoms with E-state index in [1.165, 1.54) is 6.20 Å². The van der Waals surface area contributed by atoms with Gasteiger partial charge in [-0.05, 0) is 36.3 Å². The number of hydrogen-bond donors (Lipinski definition) is 0. The number of hydrogen-bond acceptors (Lipinski definition) is 2. The second-order valence-electron chi connectivity index (χ2n) is 3.42. The van der Waals surface area contributed by atoms with E-state index in [9.17, 15) is 4.39 Å². The largest absolute Gasteiger partial charge is 0.227 e. The van der Waals surface area contributed by atoms with Crippen molar-refractivity contribution in [3.05, 3.63) is 28.8 Å². The molecule has 1 fully saturated rings. The van der Waals surface area contributed by atoms with Crippen LogP contribution in [0, 0.1) is 5.95 Å². The van der Waals surface area contributed by atoms with Crippen molar-refractivity contribution in [2.24, 2.45) is 0 Å². The molecule has 0 radical (unpaired) electrons. The maximum absolute atomic E-state index is 13.4. The van der Waals surface area contributed by atoms with Gasteiger partial charge in [-0.15, -0.1) is 0 Å². The fraction of sp³-hybridized carbons (Fsp3) is 0.500. The summed E-state index contributed by atoms with van der Waals surface area (Å²) in [4.78, 5) is 3.65. The maximum Gasteiger partial charge on any atom is 0.216 e. The molecule has 0 atom stereocenters. The van der Waals surface area contributed by atoms with Crippen LogP contribution in [-0.4, -0.2) is 16.5 Å². The van der Waals surface area contributed by atoms with Gasteiger partial charge in [0.15, 0.2) is 0 Å². The Kier molecular flexibility index (Phi) is 3.29. The van der Waals surface area contributed by atoms with Gasteiger partial charge < -0.3 is 0 Å². The van der Waals surface area contributed by atoms with Gasteiger partial charge in [0, 0.05) is 11.8 Å². The van der Waals surface area contributed by atoms with Gasteiger partial charge in [-0.25, -0.2) is 4.98 Å². The molecule has 2 heterocycles. The molecule has 0 bridgehead atoms. The zero-order chi connectivity index (χ0) is 9.97. The average molecular weight is 232 g/mol. The average Bonchev–Trinajstić information content (AvgIpc) is 2.23. The van der Waals surface area contributed by atoms with E-state index < -0.39 is 0 Å². The Morgan fingerprint density at radius 2 is 2.14 bits per heavy atom. The van der Waals surface area contributed by atoms with E-state index in [0.717, 1.165) is 24.3 Å². The lowest BCUT2D eigenvalue weighted by molar-refractivity contribution is 0.527. The van der Waals surface area contributed by atoms with E-state index in [1.807, 2.05) is 11.8 Å². The Hall–Kier alpha value is -0.280. The minimum absolute atomic E-state index is 0.308. The van der Waals surface area contributed by atoms with Crippen molar-refractivity contribution in [3.8, 4) is 0 Å². The first-order valence-corrected chi connectivity index (χ1v) is 6.19. The second-order valence-corrected chi connectivity index (χ2v) is 5.08. The molecule has 1 aromatic heterocycles. The topological polar surface area (TPSA) is 12.9 Å². The summed E-state index contributed by atoms with van der Waals surface area (Å²) in [6.45, 7) is 0. The van der Waals surface area contributed by atoms with E-state index in [2.05, 4.69) is 4.98 Å². The standard InChI is InChI=1S/C10H11ClFNS/c11-8-5-9(10(12)13-6-8)7-1-3-14-4-2-7/h5-7H,1-4H2. The highest BCUT2D eigenvalue weighted by Crippen LogP contribution is 2.33. The van der Waals surface area contributed by atoms with Gasteiger partial charge in [0.05, 0.1) is 5.02 Å². The molecule has 1 aliphatic heterocycles. The summed E-state index contributed by atoms with van der Waals surface area (Å²) in [5.41, 5.74) is 0.692. The second kappa shape index (κ2) is 4.49. The van der Waals surface area contributed by atoms with Crippen LogP contribution in [-0.2, 0) is 0 Å². The molecule has 2 rings (SSSR count). The minimum atomic E-state index is -0.355. The van der Waals surface area contributed by atoms with Crippen LogP contribution in [0.1, 0.15) is 24.3 Å². The van der Waals surface area contributed by atoms with Crippen molar-refractivity contribution in [2.75, 3.05) is 11.5 Å². The lowest BCUT2D eigenvalue weighted by Crippen LogP contribution is -2.10. The summed E-state index contributed by atoms with van der Waals surface area (Å²) in [5.74, 6) is 2.17. The molecular weight excluding hydrogens is 221 g/mol. The first kappa shape index (κ1) is 10.2. The zero-order valence-corrected chi connectivity index (χ0v) is 9.24. The fourth-order valence-corrected chi connectivity index (χ4v) is 3.01. The summed E-state index contributed by atoms with van der Waals surface area (Å²) in [5, 5.41) is 0.527. The molecule has 0 amide bonds. The van der Waals surface area contributed by atoms with Crippen LogP contribution >= 0.6 is 23.4 Å². The number of halogens is 2. The summed E-state index contributed by atoms with van der Waals surface area (Å²) in [6.07, 6.45) is 3.42. The van der Waals surface area contributed by atoms with E-state index in [-0.39, 0.29) is 5.95 Å². The predicted octanol–water partition coefficient (Wildman–Crippen LogP) is 3.48. The van der Waals surface area contributed by atoms with Crippen LogP contribution in [0.25, 0.3) is 0 Å². The monoisotopic (exact) mass is 231 g/mol. The van der Waals surface area contributed by atoms with Gasteiger partial charge in [0.25, 0.3) is 0 Å². The third kappa shape index (κ3) is 2.20. The molecule has 0 unspecified atom stereocenters. The Bertz CT molecular complexity index is 326. The highest BCUT2D eigenvalue weighted by molar-refractivity contribution is 7.99. The Morgan fingerprint density at radius 1 is 1.43 bits per heavy atom. The smallest absolute Gasteiger partial charge is 0.216 e. The molecule has 0 spiro atoms. The first-order chi connectivity index (χ1) is 6.77. The van der Waals surface area contributed by atoms with Crippen LogP contribution in [0.15, 0.2) is 12.3 Å². The molecule has 1 aliphatic rings. The Labute approximate surface area is 92.1 Å². The van der Waals surface area contributed by atoms with E-state index >= 15 is 0 Å². The van der Waals surface area contributed by atoms with Crippen molar-refractivity contribution in [3.63, 3.8) is 0 Å². The van der Waals surface area contributed by atoms with Gasteiger partial charge in [0.1, 0.15) is 0 Å². The van der Waals surface area contributed by atoms with Crippen molar-refractivity contribution in [2.45, 2.75) is 18.8 Å². The van der Waals surface area contributed by atoms with E-state index in [1.54, 1.807) is 6.07 Å².